The summed E-state index contributed by atoms with van der Waals surface area (Å²) in [5, 5.41) is 18.3. The van der Waals surface area contributed by atoms with E-state index in [1.165, 1.54) is 6.08 Å². The lowest BCUT2D eigenvalue weighted by Crippen LogP contribution is -2.02. The van der Waals surface area contributed by atoms with Crippen molar-refractivity contribution in [1.82, 2.24) is 0 Å². The Morgan fingerprint density at radius 1 is 0.750 bits per heavy atom. The van der Waals surface area contributed by atoms with E-state index in [0.29, 0.717) is 35.8 Å². The molecular weight excluding hydrogens is 348 g/mol. The van der Waals surface area contributed by atoms with Crippen molar-refractivity contribution in [3.05, 3.63) is 101 Å². The Morgan fingerprint density at radius 2 is 1.29 bits per heavy atom. The van der Waals surface area contributed by atoms with Crippen molar-refractivity contribution >= 4 is 6.08 Å². The monoisotopic (exact) mass is 366 g/mol. The lowest BCUT2D eigenvalue weighted by molar-refractivity contribution is 0.256. The summed E-state index contributed by atoms with van der Waals surface area (Å²) in [5.41, 5.74) is 3.07. The summed E-state index contributed by atoms with van der Waals surface area (Å²) in [4.78, 5) is 0. The predicted octanol–water partition coefficient (Wildman–Crippen LogP) is 5.25. The van der Waals surface area contributed by atoms with Crippen molar-refractivity contribution in [2.24, 2.45) is 0 Å². The summed E-state index contributed by atoms with van der Waals surface area (Å²) in [6.07, 6.45) is 2.93. The fraction of sp³-hybridized carbons (Fsp3) is 0.0833. The summed E-state index contributed by atoms with van der Waals surface area (Å²) in [6, 6.07) is 27.1. The zero-order chi connectivity index (χ0) is 19.6. The second kappa shape index (κ2) is 9.62. The third-order valence-electron chi connectivity index (χ3n) is 4.05. The first-order chi connectivity index (χ1) is 13.8. The third kappa shape index (κ3) is 5.00. The highest BCUT2D eigenvalue weighted by atomic mass is 16.5. The Kier molecular flexibility index (Phi) is 6.44. The van der Waals surface area contributed by atoms with E-state index in [0.717, 1.165) is 11.1 Å². The minimum absolute atomic E-state index is 0.362. The summed E-state index contributed by atoms with van der Waals surface area (Å²) < 4.78 is 11.9. The van der Waals surface area contributed by atoms with E-state index in [4.69, 9.17) is 14.7 Å². The topological polar surface area (TPSA) is 66.0 Å². The second-order valence-electron chi connectivity index (χ2n) is 6.01. The zero-order valence-electron chi connectivity index (χ0n) is 15.2. The minimum Gasteiger partial charge on any atom is -0.485 e. The van der Waals surface area contributed by atoms with Gasteiger partial charge in [-0.25, -0.2) is 0 Å². The molecule has 0 aliphatic carbocycles. The van der Waals surface area contributed by atoms with Gasteiger partial charge in [-0.2, -0.15) is 10.5 Å². The molecule has 0 aliphatic heterocycles. The van der Waals surface area contributed by atoms with Crippen LogP contribution in [0.4, 0.5) is 0 Å². The average Bonchev–Trinajstić information content (AvgIpc) is 2.76. The molecule has 4 heteroatoms. The number of allylic oxidation sites excluding steroid dienone is 1. The Bertz CT molecular complexity index is 1030. The van der Waals surface area contributed by atoms with Crippen molar-refractivity contribution in [2.75, 3.05) is 0 Å². The summed E-state index contributed by atoms with van der Waals surface area (Å²) >= 11 is 0. The van der Waals surface area contributed by atoms with Crippen LogP contribution >= 0.6 is 0 Å². The number of ether oxygens (including phenoxy) is 2. The molecule has 0 fully saturated rings. The molecule has 0 unspecified atom stereocenters. The summed E-state index contributed by atoms with van der Waals surface area (Å²) in [6.45, 7) is 0.733. The second-order valence-corrected chi connectivity index (χ2v) is 6.01. The van der Waals surface area contributed by atoms with E-state index in [1.807, 2.05) is 66.7 Å². The van der Waals surface area contributed by atoms with E-state index >= 15 is 0 Å². The number of rotatable bonds is 7. The molecule has 28 heavy (non-hydrogen) atoms. The molecule has 0 radical (unpaired) electrons. The van der Waals surface area contributed by atoms with Gasteiger partial charge < -0.3 is 9.47 Å². The molecule has 4 nitrogen and oxygen atoms in total. The largest absolute Gasteiger partial charge is 0.485 e. The van der Waals surface area contributed by atoms with Crippen LogP contribution < -0.4 is 9.47 Å². The third-order valence-corrected chi connectivity index (χ3v) is 4.05. The van der Waals surface area contributed by atoms with E-state index in [1.54, 1.807) is 18.2 Å². The molecule has 0 heterocycles. The standard InChI is InChI=1S/C24H18N2O2/c25-13-7-12-21-14-23(27-17-19-8-3-1-4-9-19)24(15-22(21)16-26)28-18-20-10-5-2-6-11-20/h1-12,14-15H,17-18H2/b12-7+. The fourth-order valence-corrected chi connectivity index (χ4v) is 2.63. The van der Waals surface area contributed by atoms with Gasteiger partial charge in [0.1, 0.15) is 13.2 Å². The van der Waals surface area contributed by atoms with Crippen LogP contribution in [0.1, 0.15) is 22.3 Å². The van der Waals surface area contributed by atoms with E-state index in [-0.39, 0.29) is 0 Å². The fourth-order valence-electron chi connectivity index (χ4n) is 2.63. The van der Waals surface area contributed by atoms with Crippen molar-refractivity contribution in [3.63, 3.8) is 0 Å². The minimum atomic E-state index is 0.362. The van der Waals surface area contributed by atoms with Gasteiger partial charge in [-0.15, -0.1) is 0 Å². The molecule has 3 aromatic carbocycles. The first-order valence-electron chi connectivity index (χ1n) is 8.78. The molecule has 0 N–H and O–H groups in total. The Hall–Kier alpha value is -4.02. The maximum Gasteiger partial charge on any atom is 0.163 e. The van der Waals surface area contributed by atoms with E-state index in [2.05, 4.69) is 6.07 Å². The molecule has 136 valence electrons. The molecule has 0 bridgehead atoms. The molecule has 0 spiro atoms. The van der Waals surface area contributed by atoms with Crippen LogP contribution in [0.3, 0.4) is 0 Å². The van der Waals surface area contributed by atoms with Gasteiger partial charge >= 0.3 is 0 Å². The molecule has 0 aromatic heterocycles. The first kappa shape index (κ1) is 18.8. The van der Waals surface area contributed by atoms with Crippen LogP contribution in [-0.2, 0) is 13.2 Å². The lowest BCUT2D eigenvalue weighted by Gasteiger charge is -2.15. The van der Waals surface area contributed by atoms with Crippen LogP contribution in [0.25, 0.3) is 6.08 Å². The molecule has 0 saturated carbocycles. The number of hydrogen-bond donors (Lipinski definition) is 0. The molecule has 3 rings (SSSR count). The number of nitrogens with zero attached hydrogens (tertiary/aromatic N) is 2. The van der Waals surface area contributed by atoms with Crippen molar-refractivity contribution < 1.29 is 9.47 Å². The van der Waals surface area contributed by atoms with Gasteiger partial charge in [0.2, 0.25) is 0 Å². The number of nitriles is 2. The van der Waals surface area contributed by atoms with Crippen molar-refractivity contribution in [1.29, 1.82) is 10.5 Å². The van der Waals surface area contributed by atoms with Crippen molar-refractivity contribution in [3.8, 4) is 23.6 Å². The Morgan fingerprint density at radius 3 is 1.79 bits per heavy atom. The molecule has 0 atom stereocenters. The molecule has 0 aliphatic rings. The van der Waals surface area contributed by atoms with Crippen LogP contribution in [-0.4, -0.2) is 0 Å². The van der Waals surface area contributed by atoms with Gasteiger partial charge in [0.25, 0.3) is 0 Å². The number of hydrogen-bond acceptors (Lipinski definition) is 4. The van der Waals surface area contributed by atoms with E-state index in [9.17, 15) is 5.26 Å². The highest BCUT2D eigenvalue weighted by Crippen LogP contribution is 2.33. The van der Waals surface area contributed by atoms with Gasteiger partial charge in [-0.3, -0.25) is 0 Å². The highest BCUT2D eigenvalue weighted by molar-refractivity contribution is 5.64. The van der Waals surface area contributed by atoms with Crippen molar-refractivity contribution in [2.45, 2.75) is 13.2 Å². The van der Waals surface area contributed by atoms with Crippen LogP contribution in [0.15, 0.2) is 78.9 Å². The smallest absolute Gasteiger partial charge is 0.163 e. The van der Waals surface area contributed by atoms with Gasteiger partial charge in [0, 0.05) is 12.1 Å². The highest BCUT2D eigenvalue weighted by Gasteiger charge is 2.12. The van der Waals surface area contributed by atoms with E-state index < -0.39 is 0 Å². The molecule has 3 aromatic rings. The summed E-state index contributed by atoms with van der Waals surface area (Å²) in [5.74, 6) is 1.02. The lowest BCUT2D eigenvalue weighted by atomic mass is 10.1. The molecule has 0 saturated heterocycles. The normalized spacial score (nSPS) is 10.2. The first-order valence-corrected chi connectivity index (χ1v) is 8.78. The number of benzene rings is 3. The average molecular weight is 366 g/mol. The molecular formula is C24H18N2O2. The predicted molar refractivity (Wildman–Crippen MR) is 107 cm³/mol. The van der Waals surface area contributed by atoms with Gasteiger partial charge in [0.15, 0.2) is 11.5 Å². The summed E-state index contributed by atoms with van der Waals surface area (Å²) in [7, 11) is 0. The van der Waals surface area contributed by atoms with Gasteiger partial charge in [0.05, 0.1) is 17.7 Å². The quantitative estimate of drug-likeness (QED) is 0.535. The zero-order valence-corrected chi connectivity index (χ0v) is 15.2. The van der Waals surface area contributed by atoms with Gasteiger partial charge in [-0.05, 0) is 28.8 Å². The SMILES string of the molecule is N#C/C=C/c1cc(OCc2ccccc2)c(OCc2ccccc2)cc1C#N. The maximum atomic E-state index is 9.46. The van der Waals surface area contributed by atoms with Crippen LogP contribution in [0.2, 0.25) is 0 Å². The van der Waals surface area contributed by atoms with Crippen LogP contribution in [0.5, 0.6) is 11.5 Å². The van der Waals surface area contributed by atoms with Crippen LogP contribution in [0, 0.1) is 22.7 Å². The van der Waals surface area contributed by atoms with Gasteiger partial charge in [-0.1, -0.05) is 60.7 Å². The Balaban J connectivity index is 1.89. The Labute approximate surface area is 164 Å². The molecule has 0 amide bonds. The maximum absolute atomic E-state index is 9.46.